The number of carboxylic acids is 1. The molecular formula is C8H13F2N3O4. The summed E-state index contributed by atoms with van der Waals surface area (Å²) in [6, 6.07) is -2.39. The summed E-state index contributed by atoms with van der Waals surface area (Å²) in [5, 5.41) is 12.4. The highest BCUT2D eigenvalue weighted by Gasteiger charge is 2.20. The van der Waals surface area contributed by atoms with Crippen molar-refractivity contribution in [3.05, 3.63) is 0 Å². The first-order valence-electron chi connectivity index (χ1n) is 4.66. The van der Waals surface area contributed by atoms with E-state index in [1.54, 1.807) is 5.32 Å². The van der Waals surface area contributed by atoms with Gasteiger partial charge in [-0.25, -0.2) is 18.4 Å². The van der Waals surface area contributed by atoms with E-state index in [4.69, 9.17) is 10.8 Å². The number of rotatable bonds is 7. The predicted molar refractivity (Wildman–Crippen MR) is 52.4 cm³/mol. The number of nitrogens with two attached hydrogens (primary N) is 1. The van der Waals surface area contributed by atoms with E-state index in [2.05, 4.69) is 0 Å². The van der Waals surface area contributed by atoms with E-state index in [0.29, 0.717) is 0 Å². The maximum Gasteiger partial charge on any atom is 0.326 e. The smallest absolute Gasteiger partial charge is 0.326 e. The summed E-state index contributed by atoms with van der Waals surface area (Å²) in [7, 11) is 0. The van der Waals surface area contributed by atoms with Gasteiger partial charge >= 0.3 is 12.0 Å². The number of amides is 3. The molecule has 17 heavy (non-hydrogen) atoms. The van der Waals surface area contributed by atoms with E-state index in [1.807, 2.05) is 5.32 Å². The molecule has 0 rings (SSSR count). The maximum atomic E-state index is 11.7. The quantitative estimate of drug-likeness (QED) is 0.477. The summed E-state index contributed by atoms with van der Waals surface area (Å²) in [4.78, 5) is 32.0. The fourth-order valence-electron chi connectivity index (χ4n) is 0.923. The molecule has 5 N–H and O–H groups in total. The van der Waals surface area contributed by atoms with Crippen LogP contribution in [-0.2, 0) is 9.59 Å². The topological polar surface area (TPSA) is 122 Å². The fourth-order valence-corrected chi connectivity index (χ4v) is 0.923. The fraction of sp³-hybridized carbons (Fsp3) is 0.625. The zero-order valence-corrected chi connectivity index (χ0v) is 8.78. The van der Waals surface area contributed by atoms with Crippen LogP contribution in [0.3, 0.4) is 0 Å². The van der Waals surface area contributed by atoms with Crippen LogP contribution in [0.25, 0.3) is 0 Å². The molecule has 0 spiro atoms. The second kappa shape index (κ2) is 7.36. The molecule has 0 fully saturated rings. The minimum atomic E-state index is -2.73. The van der Waals surface area contributed by atoms with Gasteiger partial charge in [-0.1, -0.05) is 0 Å². The van der Waals surface area contributed by atoms with Crippen LogP contribution in [0.5, 0.6) is 0 Å². The molecule has 0 saturated heterocycles. The van der Waals surface area contributed by atoms with Crippen molar-refractivity contribution in [2.75, 3.05) is 6.54 Å². The van der Waals surface area contributed by atoms with Crippen LogP contribution < -0.4 is 16.4 Å². The van der Waals surface area contributed by atoms with Gasteiger partial charge in [0.15, 0.2) is 0 Å². The van der Waals surface area contributed by atoms with Crippen LogP contribution in [0.1, 0.15) is 12.8 Å². The lowest BCUT2D eigenvalue weighted by atomic mass is 10.1. The molecule has 0 aliphatic carbocycles. The monoisotopic (exact) mass is 253 g/mol. The molecule has 0 aromatic carbocycles. The Balaban J connectivity index is 4.11. The Labute approximate surface area is 95.3 Å². The molecule has 0 aliphatic rings. The summed E-state index contributed by atoms with van der Waals surface area (Å²) >= 11 is 0. The van der Waals surface area contributed by atoms with Crippen LogP contribution in [0, 0.1) is 0 Å². The molecule has 0 aliphatic heterocycles. The largest absolute Gasteiger partial charge is 0.480 e. The average Bonchev–Trinajstić information content (AvgIpc) is 2.20. The molecule has 0 bridgehead atoms. The molecule has 0 heterocycles. The standard InChI is InChI=1S/C8H13F2N3O4/c9-5(10)3-12-8(17)13-4(7(15)16)1-2-6(11)14/h4-5H,1-3H2,(H2,11,14)(H,15,16)(H2,12,13,17)/t4-/m0/s1. The molecule has 3 amide bonds. The molecule has 0 radical (unpaired) electrons. The molecule has 0 saturated carbocycles. The molecule has 0 aromatic heterocycles. The first-order valence-corrected chi connectivity index (χ1v) is 4.66. The lowest BCUT2D eigenvalue weighted by Gasteiger charge is -2.14. The Morgan fingerprint density at radius 1 is 1.29 bits per heavy atom. The lowest BCUT2D eigenvalue weighted by Crippen LogP contribution is -2.47. The number of hydrogen-bond donors (Lipinski definition) is 4. The second-order valence-electron chi connectivity index (χ2n) is 3.14. The van der Waals surface area contributed by atoms with Crippen LogP contribution in [0.4, 0.5) is 13.6 Å². The van der Waals surface area contributed by atoms with Crippen molar-refractivity contribution in [1.82, 2.24) is 10.6 Å². The van der Waals surface area contributed by atoms with Gasteiger partial charge in [0.2, 0.25) is 5.91 Å². The normalized spacial score (nSPS) is 11.9. The predicted octanol–water partition coefficient (Wildman–Crippen LogP) is -0.731. The van der Waals surface area contributed by atoms with Crippen molar-refractivity contribution in [2.24, 2.45) is 5.73 Å². The van der Waals surface area contributed by atoms with E-state index < -0.39 is 36.9 Å². The van der Waals surface area contributed by atoms with Crippen molar-refractivity contribution in [1.29, 1.82) is 0 Å². The van der Waals surface area contributed by atoms with Gasteiger partial charge in [-0.3, -0.25) is 4.79 Å². The van der Waals surface area contributed by atoms with Gasteiger partial charge in [-0.05, 0) is 6.42 Å². The molecule has 98 valence electrons. The number of carbonyl (C=O) groups excluding carboxylic acids is 2. The van der Waals surface area contributed by atoms with Crippen LogP contribution in [0.15, 0.2) is 0 Å². The molecule has 7 nitrogen and oxygen atoms in total. The van der Waals surface area contributed by atoms with Crippen molar-refractivity contribution in [3.63, 3.8) is 0 Å². The highest BCUT2D eigenvalue weighted by atomic mass is 19.3. The van der Waals surface area contributed by atoms with Crippen LogP contribution in [-0.4, -0.2) is 42.0 Å². The van der Waals surface area contributed by atoms with Gasteiger partial charge in [0, 0.05) is 6.42 Å². The number of carboxylic acid groups (broad SMARTS) is 1. The first-order chi connectivity index (χ1) is 7.82. The van der Waals surface area contributed by atoms with Crippen molar-refractivity contribution in [2.45, 2.75) is 25.3 Å². The number of primary amides is 1. The highest BCUT2D eigenvalue weighted by molar-refractivity contribution is 5.83. The van der Waals surface area contributed by atoms with E-state index in [1.165, 1.54) is 0 Å². The minimum Gasteiger partial charge on any atom is -0.480 e. The SMILES string of the molecule is NC(=O)CC[C@H](NC(=O)NCC(F)F)C(=O)O. The third kappa shape index (κ3) is 7.94. The van der Waals surface area contributed by atoms with Crippen LogP contribution in [0.2, 0.25) is 0 Å². The Bertz CT molecular complexity index is 298. The summed E-state index contributed by atoms with van der Waals surface area (Å²) in [6.45, 7) is -0.881. The molecule has 9 heteroatoms. The zero-order valence-electron chi connectivity index (χ0n) is 8.78. The first kappa shape index (κ1) is 15.1. The Hall–Kier alpha value is -1.93. The zero-order chi connectivity index (χ0) is 13.4. The molecule has 0 unspecified atom stereocenters. The van der Waals surface area contributed by atoms with E-state index in [0.717, 1.165) is 0 Å². The van der Waals surface area contributed by atoms with Gasteiger partial charge in [-0.15, -0.1) is 0 Å². The molecule has 1 atom stereocenters. The average molecular weight is 253 g/mol. The third-order valence-corrected chi connectivity index (χ3v) is 1.70. The highest BCUT2D eigenvalue weighted by Crippen LogP contribution is 1.97. The number of carbonyl (C=O) groups is 3. The van der Waals surface area contributed by atoms with Crippen molar-refractivity contribution >= 4 is 17.9 Å². The Morgan fingerprint density at radius 2 is 1.88 bits per heavy atom. The summed E-state index contributed by atoms with van der Waals surface area (Å²) in [5.41, 5.74) is 4.81. The van der Waals surface area contributed by atoms with Crippen LogP contribution >= 0.6 is 0 Å². The minimum absolute atomic E-state index is 0.202. The summed E-state index contributed by atoms with van der Waals surface area (Å²) < 4.78 is 23.5. The number of urea groups is 1. The van der Waals surface area contributed by atoms with Gasteiger partial charge < -0.3 is 21.5 Å². The van der Waals surface area contributed by atoms with E-state index >= 15 is 0 Å². The maximum absolute atomic E-state index is 11.7. The van der Waals surface area contributed by atoms with E-state index in [-0.39, 0.29) is 12.8 Å². The number of nitrogens with one attached hydrogen (secondary N) is 2. The molecule has 0 aromatic rings. The third-order valence-electron chi connectivity index (χ3n) is 1.70. The Morgan fingerprint density at radius 3 is 2.29 bits per heavy atom. The number of halogens is 2. The summed E-state index contributed by atoms with van der Waals surface area (Å²) in [6.07, 6.45) is -3.16. The lowest BCUT2D eigenvalue weighted by molar-refractivity contribution is -0.139. The van der Waals surface area contributed by atoms with Crippen molar-refractivity contribution < 1.29 is 28.3 Å². The Kier molecular flexibility index (Phi) is 6.53. The van der Waals surface area contributed by atoms with Crippen molar-refractivity contribution in [3.8, 4) is 0 Å². The summed E-state index contributed by atoms with van der Waals surface area (Å²) in [5.74, 6) is -2.09. The number of alkyl halides is 2. The van der Waals surface area contributed by atoms with E-state index in [9.17, 15) is 23.2 Å². The van der Waals surface area contributed by atoms with Gasteiger partial charge in [0.05, 0.1) is 6.54 Å². The second-order valence-corrected chi connectivity index (χ2v) is 3.14. The van der Waals surface area contributed by atoms with Gasteiger partial charge in [-0.2, -0.15) is 0 Å². The number of hydrogen-bond acceptors (Lipinski definition) is 3. The van der Waals surface area contributed by atoms with Gasteiger partial charge in [0.1, 0.15) is 6.04 Å². The number of aliphatic carboxylic acids is 1. The molecular weight excluding hydrogens is 240 g/mol. The van der Waals surface area contributed by atoms with Gasteiger partial charge in [0.25, 0.3) is 6.43 Å².